The van der Waals surface area contributed by atoms with Gasteiger partial charge < -0.3 is 15.4 Å². The first-order valence-corrected chi connectivity index (χ1v) is 8.77. The Hall–Kier alpha value is -2.01. The molecule has 0 spiro atoms. The van der Waals surface area contributed by atoms with Crippen LogP contribution in [-0.2, 0) is 0 Å². The van der Waals surface area contributed by atoms with Gasteiger partial charge in [-0.05, 0) is 43.3 Å². The predicted octanol–water partition coefficient (Wildman–Crippen LogP) is 3.75. The minimum absolute atomic E-state index is 0.254. The third-order valence-electron chi connectivity index (χ3n) is 3.51. The van der Waals surface area contributed by atoms with E-state index in [9.17, 15) is 0 Å². The summed E-state index contributed by atoms with van der Waals surface area (Å²) in [6.45, 7) is 5.71. The zero-order valence-corrected chi connectivity index (χ0v) is 14.8. The standard InChI is InChI=1S/C18H25N3OS/c1-14-8-4-5-9-16(14)22-12-7-11-20-18(19-3)21-15(2)17-10-6-13-23-17/h4-6,8-10,13,15H,7,11-12H2,1-3H3,(H2,19,20,21). The van der Waals surface area contributed by atoms with Crippen LogP contribution in [0.5, 0.6) is 5.75 Å². The fourth-order valence-electron chi connectivity index (χ4n) is 2.19. The minimum atomic E-state index is 0.254. The monoisotopic (exact) mass is 331 g/mol. The van der Waals surface area contributed by atoms with Gasteiger partial charge in [0.15, 0.2) is 5.96 Å². The lowest BCUT2D eigenvalue weighted by Crippen LogP contribution is -2.39. The van der Waals surface area contributed by atoms with Gasteiger partial charge in [0.25, 0.3) is 0 Å². The molecule has 0 aliphatic rings. The molecular weight excluding hydrogens is 306 g/mol. The summed E-state index contributed by atoms with van der Waals surface area (Å²) < 4.78 is 5.79. The van der Waals surface area contributed by atoms with E-state index in [4.69, 9.17) is 4.74 Å². The summed E-state index contributed by atoms with van der Waals surface area (Å²) >= 11 is 1.75. The summed E-state index contributed by atoms with van der Waals surface area (Å²) in [5.41, 5.74) is 1.17. The van der Waals surface area contributed by atoms with Crippen LogP contribution in [0.15, 0.2) is 46.8 Å². The molecular formula is C18H25N3OS. The van der Waals surface area contributed by atoms with Crippen LogP contribution < -0.4 is 15.4 Å². The van der Waals surface area contributed by atoms with E-state index < -0.39 is 0 Å². The van der Waals surface area contributed by atoms with Gasteiger partial charge in [-0.15, -0.1) is 11.3 Å². The van der Waals surface area contributed by atoms with E-state index >= 15 is 0 Å². The van der Waals surface area contributed by atoms with Crippen molar-refractivity contribution in [3.63, 3.8) is 0 Å². The number of nitrogens with zero attached hydrogens (tertiary/aromatic N) is 1. The van der Waals surface area contributed by atoms with Crippen molar-refractivity contribution in [2.75, 3.05) is 20.2 Å². The first kappa shape index (κ1) is 17.3. The summed E-state index contributed by atoms with van der Waals surface area (Å²) in [5.74, 6) is 1.78. The Kier molecular flexibility index (Phi) is 6.94. The Balaban J connectivity index is 1.67. The van der Waals surface area contributed by atoms with Gasteiger partial charge in [0, 0.05) is 18.5 Å². The molecule has 23 heavy (non-hydrogen) atoms. The van der Waals surface area contributed by atoms with E-state index in [0.717, 1.165) is 24.7 Å². The molecule has 0 aliphatic heterocycles. The Morgan fingerprint density at radius 3 is 2.78 bits per heavy atom. The molecule has 0 saturated heterocycles. The van der Waals surface area contributed by atoms with Gasteiger partial charge in [-0.3, -0.25) is 4.99 Å². The van der Waals surface area contributed by atoms with Gasteiger partial charge in [-0.25, -0.2) is 0 Å². The Morgan fingerprint density at radius 2 is 2.09 bits per heavy atom. The third-order valence-corrected chi connectivity index (χ3v) is 4.57. The molecule has 1 atom stereocenters. The van der Waals surface area contributed by atoms with E-state index in [1.165, 1.54) is 10.4 Å². The van der Waals surface area contributed by atoms with Crippen molar-refractivity contribution in [3.8, 4) is 5.75 Å². The van der Waals surface area contributed by atoms with Crippen molar-refractivity contribution in [3.05, 3.63) is 52.2 Å². The molecule has 5 heteroatoms. The van der Waals surface area contributed by atoms with Crippen LogP contribution in [0.4, 0.5) is 0 Å². The van der Waals surface area contributed by atoms with Crippen LogP contribution in [-0.4, -0.2) is 26.2 Å². The third kappa shape index (κ3) is 5.60. The van der Waals surface area contributed by atoms with E-state index in [0.29, 0.717) is 6.61 Å². The molecule has 1 heterocycles. The van der Waals surface area contributed by atoms with E-state index in [1.807, 2.05) is 18.2 Å². The van der Waals surface area contributed by atoms with Crippen LogP contribution in [0, 0.1) is 6.92 Å². The van der Waals surface area contributed by atoms with Crippen molar-refractivity contribution < 1.29 is 4.74 Å². The van der Waals surface area contributed by atoms with Crippen molar-refractivity contribution in [2.24, 2.45) is 4.99 Å². The molecule has 0 saturated carbocycles. The van der Waals surface area contributed by atoms with Crippen LogP contribution >= 0.6 is 11.3 Å². The molecule has 0 bridgehead atoms. The van der Waals surface area contributed by atoms with Crippen molar-refractivity contribution in [1.29, 1.82) is 0 Å². The number of aryl methyl sites for hydroxylation is 1. The SMILES string of the molecule is CN=C(NCCCOc1ccccc1C)NC(C)c1cccs1. The second kappa shape index (κ2) is 9.20. The molecule has 0 aliphatic carbocycles. The molecule has 1 aromatic carbocycles. The van der Waals surface area contributed by atoms with E-state index in [1.54, 1.807) is 18.4 Å². The summed E-state index contributed by atoms with van der Waals surface area (Å²) in [7, 11) is 1.79. The average Bonchev–Trinajstić information content (AvgIpc) is 3.09. The fraction of sp³-hybridized carbons (Fsp3) is 0.389. The molecule has 1 aromatic heterocycles. The van der Waals surface area contributed by atoms with Gasteiger partial charge >= 0.3 is 0 Å². The number of hydrogen-bond acceptors (Lipinski definition) is 3. The maximum Gasteiger partial charge on any atom is 0.191 e. The number of ether oxygens (including phenoxy) is 1. The van der Waals surface area contributed by atoms with Gasteiger partial charge in [0.05, 0.1) is 12.6 Å². The van der Waals surface area contributed by atoms with Crippen molar-refractivity contribution >= 4 is 17.3 Å². The molecule has 2 rings (SSSR count). The highest BCUT2D eigenvalue weighted by Crippen LogP contribution is 2.18. The predicted molar refractivity (Wildman–Crippen MR) is 98.5 cm³/mol. The quantitative estimate of drug-likeness (QED) is 0.461. The molecule has 2 aromatic rings. The number of hydrogen-bond donors (Lipinski definition) is 2. The number of para-hydroxylation sites is 1. The van der Waals surface area contributed by atoms with Gasteiger partial charge in [0.1, 0.15) is 5.75 Å². The van der Waals surface area contributed by atoms with Crippen molar-refractivity contribution in [1.82, 2.24) is 10.6 Å². The topological polar surface area (TPSA) is 45.7 Å². The minimum Gasteiger partial charge on any atom is -0.493 e. The molecule has 4 nitrogen and oxygen atoms in total. The highest BCUT2D eigenvalue weighted by Gasteiger charge is 2.08. The lowest BCUT2D eigenvalue weighted by Gasteiger charge is -2.17. The lowest BCUT2D eigenvalue weighted by molar-refractivity contribution is 0.309. The van der Waals surface area contributed by atoms with E-state index in [-0.39, 0.29) is 6.04 Å². The molecule has 2 N–H and O–H groups in total. The Morgan fingerprint density at radius 1 is 1.26 bits per heavy atom. The highest BCUT2D eigenvalue weighted by molar-refractivity contribution is 7.10. The molecule has 0 fully saturated rings. The average molecular weight is 331 g/mol. The van der Waals surface area contributed by atoms with Crippen LogP contribution in [0.3, 0.4) is 0 Å². The molecule has 0 radical (unpaired) electrons. The van der Waals surface area contributed by atoms with Gasteiger partial charge in [-0.1, -0.05) is 24.3 Å². The highest BCUT2D eigenvalue weighted by atomic mass is 32.1. The van der Waals surface area contributed by atoms with Crippen molar-refractivity contribution in [2.45, 2.75) is 26.3 Å². The molecule has 1 unspecified atom stereocenters. The fourth-order valence-corrected chi connectivity index (χ4v) is 2.92. The Labute approximate surface area is 142 Å². The summed E-state index contributed by atoms with van der Waals surface area (Å²) in [6, 6.07) is 12.5. The summed E-state index contributed by atoms with van der Waals surface area (Å²) in [5, 5.41) is 8.81. The maximum atomic E-state index is 5.79. The normalized spacial score (nSPS) is 12.7. The molecule has 0 amide bonds. The molecule has 124 valence electrons. The largest absolute Gasteiger partial charge is 0.493 e. The second-order valence-corrected chi connectivity index (χ2v) is 6.33. The van der Waals surface area contributed by atoms with Gasteiger partial charge in [0.2, 0.25) is 0 Å². The van der Waals surface area contributed by atoms with E-state index in [2.05, 4.69) is 53.1 Å². The first-order chi connectivity index (χ1) is 11.2. The van der Waals surface area contributed by atoms with Gasteiger partial charge in [-0.2, -0.15) is 0 Å². The number of aliphatic imine (C=N–C) groups is 1. The smallest absolute Gasteiger partial charge is 0.191 e. The maximum absolute atomic E-state index is 5.79. The summed E-state index contributed by atoms with van der Waals surface area (Å²) in [6.07, 6.45) is 0.919. The lowest BCUT2D eigenvalue weighted by atomic mass is 10.2. The Bertz CT molecular complexity index is 610. The number of guanidine groups is 1. The second-order valence-electron chi connectivity index (χ2n) is 5.35. The van der Waals surface area contributed by atoms with Crippen LogP contribution in [0.25, 0.3) is 0 Å². The number of thiophene rings is 1. The van der Waals surface area contributed by atoms with Crippen LogP contribution in [0.1, 0.15) is 29.8 Å². The summed E-state index contributed by atoms with van der Waals surface area (Å²) in [4.78, 5) is 5.57. The first-order valence-electron chi connectivity index (χ1n) is 7.89. The number of nitrogens with one attached hydrogen (secondary N) is 2. The number of rotatable bonds is 7. The zero-order chi connectivity index (χ0) is 16.5. The van der Waals surface area contributed by atoms with Crippen LogP contribution in [0.2, 0.25) is 0 Å². The number of benzene rings is 1. The zero-order valence-electron chi connectivity index (χ0n) is 14.0.